The molecular weight excluding hydrogens is 340 g/mol. The lowest BCUT2D eigenvalue weighted by Crippen LogP contribution is -2.14. The van der Waals surface area contributed by atoms with Crippen molar-refractivity contribution in [2.45, 2.75) is 13.3 Å². The molecule has 1 amide bonds. The van der Waals surface area contributed by atoms with Crippen LogP contribution in [0.5, 0.6) is 0 Å². The van der Waals surface area contributed by atoms with Crippen molar-refractivity contribution in [2.75, 3.05) is 5.32 Å². The Morgan fingerprint density at radius 1 is 1.19 bits per heavy atom. The van der Waals surface area contributed by atoms with Crippen LogP contribution in [-0.2, 0) is 6.42 Å². The van der Waals surface area contributed by atoms with E-state index in [0.717, 1.165) is 23.2 Å². The van der Waals surface area contributed by atoms with Gasteiger partial charge >= 0.3 is 0 Å². The number of para-hydroxylation sites is 1. The van der Waals surface area contributed by atoms with Gasteiger partial charge in [-0.2, -0.15) is 0 Å². The van der Waals surface area contributed by atoms with Gasteiger partial charge in [0.15, 0.2) is 5.65 Å². The van der Waals surface area contributed by atoms with Crippen LogP contribution in [0.2, 0.25) is 0 Å². The largest absolute Gasteiger partial charge is 0.365 e. The molecule has 1 aromatic carbocycles. The number of aryl methyl sites for hydroxylation is 1. The maximum absolute atomic E-state index is 12.0. The highest BCUT2D eigenvalue weighted by Crippen LogP contribution is 2.31. The van der Waals surface area contributed by atoms with Gasteiger partial charge in [0, 0.05) is 29.8 Å². The third-order valence-corrected chi connectivity index (χ3v) is 4.39. The zero-order chi connectivity index (χ0) is 18.8. The van der Waals surface area contributed by atoms with Crippen molar-refractivity contribution >= 4 is 28.4 Å². The summed E-state index contributed by atoms with van der Waals surface area (Å²) in [5.41, 5.74) is 10.5. The number of anilines is 2. The van der Waals surface area contributed by atoms with Crippen LogP contribution in [0, 0.1) is 0 Å². The number of pyridine rings is 2. The number of nitrogens with two attached hydrogens (primary N) is 1. The first-order chi connectivity index (χ1) is 13.2. The number of primary amides is 1. The van der Waals surface area contributed by atoms with Gasteiger partial charge in [0.2, 0.25) is 0 Å². The van der Waals surface area contributed by atoms with Gasteiger partial charge in [0.05, 0.1) is 11.3 Å². The van der Waals surface area contributed by atoms with Crippen LogP contribution < -0.4 is 11.1 Å². The van der Waals surface area contributed by atoms with Crippen LogP contribution >= 0.6 is 0 Å². The molecule has 4 N–H and O–H groups in total. The number of nitrogens with zero attached hydrogens (tertiary/aromatic N) is 3. The molecule has 0 atom stereocenters. The molecule has 0 aliphatic heterocycles. The second-order valence-electron chi connectivity index (χ2n) is 6.07. The van der Waals surface area contributed by atoms with Crippen molar-refractivity contribution in [3.05, 3.63) is 66.1 Å². The van der Waals surface area contributed by atoms with Gasteiger partial charge in [-0.05, 0) is 30.2 Å². The summed E-state index contributed by atoms with van der Waals surface area (Å²) in [6.07, 6.45) is 5.71. The molecule has 0 saturated carbocycles. The number of carbonyl (C=O) groups excluding carboxylic acids is 1. The molecule has 134 valence electrons. The lowest BCUT2D eigenvalue weighted by molar-refractivity contribution is 0.100. The summed E-state index contributed by atoms with van der Waals surface area (Å²) >= 11 is 0. The van der Waals surface area contributed by atoms with Gasteiger partial charge in [-0.25, -0.2) is 9.97 Å². The van der Waals surface area contributed by atoms with E-state index in [2.05, 4.69) is 32.2 Å². The van der Waals surface area contributed by atoms with Gasteiger partial charge in [-0.3, -0.25) is 9.78 Å². The van der Waals surface area contributed by atoms with E-state index in [1.807, 2.05) is 36.4 Å². The summed E-state index contributed by atoms with van der Waals surface area (Å²) in [6, 6.07) is 11.6. The third-order valence-electron chi connectivity index (χ3n) is 4.39. The fourth-order valence-electron chi connectivity index (χ4n) is 3.00. The van der Waals surface area contributed by atoms with Gasteiger partial charge in [0.25, 0.3) is 5.91 Å². The predicted molar refractivity (Wildman–Crippen MR) is 105 cm³/mol. The maximum atomic E-state index is 12.0. The van der Waals surface area contributed by atoms with Crippen LogP contribution in [0.4, 0.5) is 11.4 Å². The van der Waals surface area contributed by atoms with E-state index in [-0.39, 0.29) is 0 Å². The topological polar surface area (TPSA) is 110 Å². The number of carbonyl (C=O) groups is 1. The van der Waals surface area contributed by atoms with Crippen LogP contribution in [-0.4, -0.2) is 25.8 Å². The van der Waals surface area contributed by atoms with Gasteiger partial charge in [0.1, 0.15) is 11.3 Å². The van der Waals surface area contributed by atoms with E-state index >= 15 is 0 Å². The molecule has 0 spiro atoms. The second-order valence-corrected chi connectivity index (χ2v) is 6.07. The molecule has 4 aromatic rings. The predicted octanol–water partition coefficient (Wildman–Crippen LogP) is 3.42. The summed E-state index contributed by atoms with van der Waals surface area (Å²) in [5.74, 6) is 0.0858. The SMILES string of the molecule is CCc1ccccc1Nc1c(C(N)=O)cnc2[nH]c(-c3ccncc3)nc12. The van der Waals surface area contributed by atoms with E-state index in [0.29, 0.717) is 28.2 Å². The van der Waals surface area contributed by atoms with Crippen molar-refractivity contribution in [3.8, 4) is 11.4 Å². The van der Waals surface area contributed by atoms with Gasteiger partial charge in [-0.15, -0.1) is 0 Å². The Kier molecular flexibility index (Phi) is 4.25. The number of hydrogen-bond acceptors (Lipinski definition) is 5. The summed E-state index contributed by atoms with van der Waals surface area (Å²) in [6.45, 7) is 2.08. The quantitative estimate of drug-likeness (QED) is 0.506. The highest BCUT2D eigenvalue weighted by molar-refractivity contribution is 6.06. The molecule has 0 radical (unpaired) electrons. The van der Waals surface area contributed by atoms with E-state index in [1.54, 1.807) is 12.4 Å². The minimum atomic E-state index is -0.561. The molecular formula is C20H18N6O. The van der Waals surface area contributed by atoms with Gasteiger partial charge in [-0.1, -0.05) is 25.1 Å². The van der Waals surface area contributed by atoms with E-state index in [9.17, 15) is 4.79 Å². The van der Waals surface area contributed by atoms with Crippen molar-refractivity contribution in [1.82, 2.24) is 19.9 Å². The maximum Gasteiger partial charge on any atom is 0.252 e. The minimum absolute atomic E-state index is 0.293. The second kappa shape index (κ2) is 6.87. The normalized spacial score (nSPS) is 10.9. The van der Waals surface area contributed by atoms with Crippen molar-refractivity contribution < 1.29 is 4.79 Å². The van der Waals surface area contributed by atoms with Crippen molar-refractivity contribution in [1.29, 1.82) is 0 Å². The molecule has 0 aliphatic rings. The number of fused-ring (bicyclic) bond motifs is 1. The third kappa shape index (κ3) is 3.10. The fourth-order valence-corrected chi connectivity index (χ4v) is 3.00. The zero-order valence-electron chi connectivity index (χ0n) is 14.7. The monoisotopic (exact) mass is 358 g/mol. The Balaban J connectivity index is 1.89. The average Bonchev–Trinajstić information content (AvgIpc) is 3.14. The van der Waals surface area contributed by atoms with E-state index in [1.165, 1.54) is 6.20 Å². The van der Waals surface area contributed by atoms with Crippen molar-refractivity contribution in [3.63, 3.8) is 0 Å². The van der Waals surface area contributed by atoms with Crippen molar-refractivity contribution in [2.24, 2.45) is 5.73 Å². The smallest absolute Gasteiger partial charge is 0.252 e. The van der Waals surface area contributed by atoms with Gasteiger partial charge < -0.3 is 16.0 Å². The minimum Gasteiger partial charge on any atom is -0.365 e. The Morgan fingerprint density at radius 3 is 2.70 bits per heavy atom. The first-order valence-corrected chi connectivity index (χ1v) is 8.61. The lowest BCUT2D eigenvalue weighted by Gasteiger charge is -2.13. The standard InChI is InChI=1S/C20H18N6O/c1-2-12-5-3-4-6-15(12)24-16-14(18(21)27)11-23-20-17(16)25-19(26-20)13-7-9-22-10-8-13/h3-11H,2H2,1H3,(H2,21,27)(H2,23,24,25,26). The Morgan fingerprint density at radius 2 is 1.96 bits per heavy atom. The molecule has 3 aromatic heterocycles. The average molecular weight is 358 g/mol. The highest BCUT2D eigenvalue weighted by Gasteiger charge is 2.18. The van der Waals surface area contributed by atoms with E-state index in [4.69, 9.17) is 5.73 Å². The molecule has 4 rings (SSSR count). The lowest BCUT2D eigenvalue weighted by atomic mass is 10.1. The summed E-state index contributed by atoms with van der Waals surface area (Å²) in [5, 5.41) is 3.35. The number of H-pyrrole nitrogens is 1. The molecule has 7 nitrogen and oxygen atoms in total. The first-order valence-electron chi connectivity index (χ1n) is 8.61. The number of hydrogen-bond donors (Lipinski definition) is 3. The number of benzene rings is 1. The molecule has 0 fully saturated rings. The van der Waals surface area contributed by atoms with E-state index < -0.39 is 5.91 Å². The number of nitrogens with one attached hydrogen (secondary N) is 2. The number of aromatic nitrogens is 4. The molecule has 0 saturated heterocycles. The van der Waals surface area contributed by atoms with Crippen LogP contribution in [0.3, 0.4) is 0 Å². The molecule has 0 bridgehead atoms. The summed E-state index contributed by atoms with van der Waals surface area (Å²) in [7, 11) is 0. The molecule has 3 heterocycles. The number of rotatable bonds is 5. The van der Waals surface area contributed by atoms with Crippen LogP contribution in [0.15, 0.2) is 55.0 Å². The Hall–Kier alpha value is -3.74. The van der Waals surface area contributed by atoms with Crippen LogP contribution in [0.1, 0.15) is 22.8 Å². The molecule has 27 heavy (non-hydrogen) atoms. The number of imidazole rings is 1. The summed E-state index contributed by atoms with van der Waals surface area (Å²) < 4.78 is 0. The number of aromatic amines is 1. The Labute approximate surface area is 155 Å². The van der Waals surface area contributed by atoms with Crippen LogP contribution in [0.25, 0.3) is 22.6 Å². The molecule has 0 unspecified atom stereocenters. The summed E-state index contributed by atoms with van der Waals surface area (Å²) in [4.78, 5) is 28.2. The molecule has 0 aliphatic carbocycles. The fraction of sp³-hybridized carbons (Fsp3) is 0.100. The molecule has 7 heteroatoms. The highest BCUT2D eigenvalue weighted by atomic mass is 16.1. The Bertz CT molecular complexity index is 1120. The first kappa shape index (κ1) is 16.7. The zero-order valence-corrected chi connectivity index (χ0v) is 14.7. The number of amides is 1.